The van der Waals surface area contributed by atoms with Crippen molar-refractivity contribution in [2.24, 2.45) is 11.7 Å². The number of nitrogens with zero attached hydrogens (tertiary/aromatic N) is 2. The van der Waals surface area contributed by atoms with E-state index >= 15 is 0 Å². The van der Waals surface area contributed by atoms with Crippen LogP contribution < -0.4 is 5.73 Å². The molecule has 0 saturated carbocycles. The van der Waals surface area contributed by atoms with Crippen LogP contribution in [0.2, 0.25) is 0 Å². The first kappa shape index (κ1) is 22.1. The summed E-state index contributed by atoms with van der Waals surface area (Å²) in [6.45, 7) is 12.4. The molecule has 4 nitrogen and oxygen atoms in total. The van der Waals surface area contributed by atoms with Gasteiger partial charge in [0, 0.05) is 35.5 Å². The smallest absolute Gasteiger partial charge is 0.176 e. The van der Waals surface area contributed by atoms with Gasteiger partial charge in [0.1, 0.15) is 0 Å². The Labute approximate surface area is 156 Å². The van der Waals surface area contributed by atoms with Crippen molar-refractivity contribution >= 4 is 17.2 Å². The standard InChI is InChI=1S/C19H35FN4S/c1-7-24(19(22)13(2)3)15(5)12-14(4)23(6)11-10-16(21)17-8-9-18(20)25-17/h8-9,13-16,22H,7,10-12,21H2,1-6H3. The van der Waals surface area contributed by atoms with Gasteiger partial charge in [0.15, 0.2) is 5.13 Å². The van der Waals surface area contributed by atoms with Crippen LogP contribution in [-0.2, 0) is 0 Å². The maximum atomic E-state index is 13.1. The summed E-state index contributed by atoms with van der Waals surface area (Å²) in [5.74, 6) is 0.964. The van der Waals surface area contributed by atoms with E-state index in [4.69, 9.17) is 11.1 Å². The Balaban J connectivity index is 2.49. The second-order valence-electron chi connectivity index (χ2n) is 7.28. The molecule has 6 heteroatoms. The van der Waals surface area contributed by atoms with Gasteiger partial charge in [0.2, 0.25) is 0 Å². The molecule has 25 heavy (non-hydrogen) atoms. The molecule has 144 valence electrons. The fourth-order valence-corrected chi connectivity index (χ4v) is 3.85. The van der Waals surface area contributed by atoms with E-state index in [1.165, 1.54) is 6.07 Å². The monoisotopic (exact) mass is 370 g/mol. The minimum Gasteiger partial charge on any atom is -0.358 e. The summed E-state index contributed by atoms with van der Waals surface area (Å²) in [5.41, 5.74) is 6.18. The minimum absolute atomic E-state index is 0.108. The summed E-state index contributed by atoms with van der Waals surface area (Å²) in [5, 5.41) is 8.11. The Morgan fingerprint density at radius 1 is 1.24 bits per heavy atom. The Bertz CT molecular complexity index is 531. The highest BCUT2D eigenvalue weighted by Gasteiger charge is 2.22. The van der Waals surface area contributed by atoms with Crippen LogP contribution in [0.4, 0.5) is 4.39 Å². The van der Waals surface area contributed by atoms with E-state index < -0.39 is 0 Å². The van der Waals surface area contributed by atoms with Gasteiger partial charge in [-0.2, -0.15) is 4.39 Å². The molecule has 0 aliphatic carbocycles. The Kier molecular flexibility index (Phi) is 9.03. The summed E-state index contributed by atoms with van der Waals surface area (Å²) in [7, 11) is 2.11. The summed E-state index contributed by atoms with van der Waals surface area (Å²) < 4.78 is 13.1. The molecule has 0 saturated heterocycles. The predicted molar refractivity (Wildman–Crippen MR) is 107 cm³/mol. The molecule has 3 N–H and O–H groups in total. The van der Waals surface area contributed by atoms with E-state index in [9.17, 15) is 4.39 Å². The highest BCUT2D eigenvalue weighted by molar-refractivity contribution is 7.10. The van der Waals surface area contributed by atoms with Crippen molar-refractivity contribution in [3.05, 3.63) is 22.1 Å². The topological polar surface area (TPSA) is 56.4 Å². The maximum Gasteiger partial charge on any atom is 0.176 e. The normalized spacial score (nSPS) is 15.4. The number of nitrogens with one attached hydrogen (secondary N) is 1. The number of rotatable bonds is 10. The Morgan fingerprint density at radius 3 is 2.36 bits per heavy atom. The van der Waals surface area contributed by atoms with E-state index in [-0.39, 0.29) is 17.1 Å². The largest absolute Gasteiger partial charge is 0.358 e. The van der Waals surface area contributed by atoms with Gasteiger partial charge in [0.05, 0.1) is 5.84 Å². The molecule has 3 unspecified atom stereocenters. The van der Waals surface area contributed by atoms with Gasteiger partial charge in [0.25, 0.3) is 0 Å². The van der Waals surface area contributed by atoms with Crippen LogP contribution in [0.25, 0.3) is 0 Å². The van der Waals surface area contributed by atoms with Crippen molar-refractivity contribution in [3.8, 4) is 0 Å². The third-order valence-electron chi connectivity index (χ3n) is 4.92. The number of hydrogen-bond donors (Lipinski definition) is 2. The Morgan fingerprint density at radius 2 is 1.88 bits per heavy atom. The molecule has 0 radical (unpaired) electrons. The highest BCUT2D eigenvalue weighted by Crippen LogP contribution is 2.23. The predicted octanol–water partition coefficient (Wildman–Crippen LogP) is 4.33. The molecular formula is C19H35FN4S. The molecule has 1 aromatic heterocycles. The zero-order chi connectivity index (χ0) is 19.1. The first-order chi connectivity index (χ1) is 11.7. The lowest BCUT2D eigenvalue weighted by atomic mass is 10.0. The van der Waals surface area contributed by atoms with Crippen LogP contribution in [0.15, 0.2) is 12.1 Å². The van der Waals surface area contributed by atoms with Crippen molar-refractivity contribution in [3.63, 3.8) is 0 Å². The zero-order valence-corrected chi connectivity index (χ0v) is 17.4. The quantitative estimate of drug-likeness (QED) is 0.476. The third-order valence-corrected chi connectivity index (χ3v) is 5.92. The van der Waals surface area contributed by atoms with Crippen LogP contribution in [0.3, 0.4) is 0 Å². The summed E-state index contributed by atoms with van der Waals surface area (Å²) in [4.78, 5) is 5.41. The van der Waals surface area contributed by atoms with Crippen molar-refractivity contribution < 1.29 is 4.39 Å². The van der Waals surface area contributed by atoms with Gasteiger partial charge < -0.3 is 15.5 Å². The van der Waals surface area contributed by atoms with Crippen molar-refractivity contribution in [2.45, 2.75) is 65.6 Å². The summed E-state index contributed by atoms with van der Waals surface area (Å²) in [6.07, 6.45) is 1.82. The lowest BCUT2D eigenvalue weighted by Crippen LogP contribution is -2.44. The second-order valence-corrected chi connectivity index (χ2v) is 8.34. The van der Waals surface area contributed by atoms with E-state index in [2.05, 4.69) is 51.5 Å². The van der Waals surface area contributed by atoms with Crippen molar-refractivity contribution in [2.75, 3.05) is 20.1 Å². The average Bonchev–Trinajstić information content (AvgIpc) is 2.99. The van der Waals surface area contributed by atoms with E-state index in [0.717, 1.165) is 42.1 Å². The van der Waals surface area contributed by atoms with Gasteiger partial charge in [-0.3, -0.25) is 5.41 Å². The molecule has 3 atom stereocenters. The number of amidine groups is 1. The summed E-state index contributed by atoms with van der Waals surface area (Å²) in [6, 6.07) is 3.89. The SMILES string of the molecule is CCN(C(=N)C(C)C)C(C)CC(C)N(C)CCC(N)c1ccc(F)s1. The van der Waals surface area contributed by atoms with Crippen LogP contribution in [-0.4, -0.2) is 47.9 Å². The Hall–Kier alpha value is -0.980. The molecule has 0 spiro atoms. The first-order valence-electron chi connectivity index (χ1n) is 9.23. The highest BCUT2D eigenvalue weighted by atomic mass is 32.1. The molecular weight excluding hydrogens is 335 g/mol. The molecule has 1 aromatic rings. The lowest BCUT2D eigenvalue weighted by molar-refractivity contribution is 0.195. The average molecular weight is 371 g/mol. The zero-order valence-electron chi connectivity index (χ0n) is 16.6. The molecule has 0 fully saturated rings. The van der Waals surface area contributed by atoms with Crippen LogP contribution in [0, 0.1) is 16.5 Å². The fourth-order valence-electron chi connectivity index (χ4n) is 3.08. The lowest BCUT2D eigenvalue weighted by Gasteiger charge is -2.36. The van der Waals surface area contributed by atoms with Crippen LogP contribution >= 0.6 is 11.3 Å². The molecule has 1 heterocycles. The fraction of sp³-hybridized carbons (Fsp3) is 0.737. The summed E-state index contributed by atoms with van der Waals surface area (Å²) >= 11 is 1.14. The van der Waals surface area contributed by atoms with Crippen molar-refractivity contribution in [1.29, 1.82) is 5.41 Å². The van der Waals surface area contributed by atoms with Gasteiger partial charge in [-0.1, -0.05) is 13.8 Å². The molecule has 0 bridgehead atoms. The second kappa shape index (κ2) is 10.2. The van der Waals surface area contributed by atoms with Gasteiger partial charge >= 0.3 is 0 Å². The molecule has 0 aliphatic heterocycles. The van der Waals surface area contributed by atoms with Gasteiger partial charge in [-0.25, -0.2) is 0 Å². The van der Waals surface area contributed by atoms with Gasteiger partial charge in [-0.15, -0.1) is 11.3 Å². The van der Waals surface area contributed by atoms with Gasteiger partial charge in [-0.05, 0) is 59.3 Å². The van der Waals surface area contributed by atoms with Crippen molar-refractivity contribution in [1.82, 2.24) is 9.80 Å². The molecule has 1 rings (SSSR count). The third kappa shape index (κ3) is 6.68. The van der Waals surface area contributed by atoms with E-state index in [1.807, 2.05) is 0 Å². The van der Waals surface area contributed by atoms with E-state index in [0.29, 0.717) is 17.9 Å². The number of thiophene rings is 1. The van der Waals surface area contributed by atoms with Crippen LogP contribution in [0.5, 0.6) is 0 Å². The van der Waals surface area contributed by atoms with E-state index in [1.54, 1.807) is 6.07 Å². The molecule has 0 aromatic carbocycles. The number of hydrogen-bond acceptors (Lipinski definition) is 4. The minimum atomic E-state index is -0.173. The maximum absolute atomic E-state index is 13.1. The molecule has 0 aliphatic rings. The van der Waals surface area contributed by atoms with Crippen LogP contribution in [0.1, 0.15) is 58.4 Å². The first-order valence-corrected chi connectivity index (χ1v) is 10.0. The molecule has 0 amide bonds. The number of halogens is 1. The number of nitrogens with two attached hydrogens (primary N) is 1.